The molecule has 0 amide bonds. The number of halogens is 2. The van der Waals surface area contributed by atoms with E-state index >= 15 is 0 Å². The number of nitrogens with zero attached hydrogens (tertiary/aromatic N) is 1. The lowest BCUT2D eigenvalue weighted by Crippen LogP contribution is -2.39. The molecule has 0 aliphatic carbocycles. The molecule has 0 aliphatic heterocycles. The number of hydrogen-bond donors (Lipinski definition) is 2. The number of hydrogen-bond acceptors (Lipinski definition) is 2. The Kier molecular flexibility index (Phi) is 27.2. The molecule has 0 aliphatic rings. The van der Waals surface area contributed by atoms with Crippen molar-refractivity contribution in [2.75, 3.05) is 20.6 Å². The van der Waals surface area contributed by atoms with Crippen molar-refractivity contribution < 1.29 is 4.48 Å². The van der Waals surface area contributed by atoms with Gasteiger partial charge >= 0.3 is 0 Å². The van der Waals surface area contributed by atoms with E-state index in [9.17, 15) is 0 Å². The van der Waals surface area contributed by atoms with Crippen LogP contribution in [0.4, 0.5) is 0 Å². The Morgan fingerprint density at radius 1 is 0.692 bits per heavy atom. The lowest BCUT2D eigenvalue weighted by atomic mass is 10.1. The van der Waals surface area contributed by atoms with Crippen LogP contribution in [0.2, 0.25) is 0 Å². The van der Waals surface area contributed by atoms with Gasteiger partial charge in [-0.3, -0.25) is 0 Å². The summed E-state index contributed by atoms with van der Waals surface area (Å²) < 4.78 is 1.11. The van der Waals surface area contributed by atoms with Crippen LogP contribution in [-0.4, -0.2) is 25.1 Å². The van der Waals surface area contributed by atoms with Crippen molar-refractivity contribution in [1.82, 2.24) is 12.3 Å². The largest absolute Gasteiger partial charge is 0.344 e. The SMILES string of the molecule is Br.CCCCCCCCCCCC[N+](C)(C)Cc1ccccc1.Cl.N.N. The van der Waals surface area contributed by atoms with Crippen LogP contribution in [0.1, 0.15) is 76.7 Å². The molecular formula is C21H46BrClN3+. The maximum absolute atomic E-state index is 2.36. The molecule has 0 fully saturated rings. The van der Waals surface area contributed by atoms with E-state index < -0.39 is 0 Å². The first-order valence-corrected chi connectivity index (χ1v) is 9.50. The zero-order valence-corrected chi connectivity index (χ0v) is 20.1. The number of unbranched alkanes of at least 4 members (excludes halogenated alkanes) is 9. The predicted octanol–water partition coefficient (Wildman–Crippen LogP) is 7.51. The molecule has 0 radical (unpaired) electrons. The topological polar surface area (TPSA) is 70.0 Å². The van der Waals surface area contributed by atoms with Gasteiger partial charge in [0.15, 0.2) is 0 Å². The van der Waals surface area contributed by atoms with Crippen molar-refractivity contribution in [2.45, 2.75) is 77.7 Å². The second-order valence-corrected chi connectivity index (χ2v) is 7.49. The molecule has 0 saturated heterocycles. The van der Waals surface area contributed by atoms with Crippen LogP contribution in [0.15, 0.2) is 30.3 Å². The van der Waals surface area contributed by atoms with E-state index in [0.29, 0.717) is 0 Å². The minimum atomic E-state index is 0. The van der Waals surface area contributed by atoms with Gasteiger partial charge in [-0.15, -0.1) is 29.4 Å². The van der Waals surface area contributed by atoms with E-state index in [1.165, 1.54) is 76.3 Å². The Morgan fingerprint density at radius 2 is 1.12 bits per heavy atom. The van der Waals surface area contributed by atoms with Crippen LogP contribution in [0.5, 0.6) is 0 Å². The van der Waals surface area contributed by atoms with Crippen LogP contribution >= 0.6 is 29.4 Å². The molecule has 26 heavy (non-hydrogen) atoms. The van der Waals surface area contributed by atoms with Crippen molar-refractivity contribution in [2.24, 2.45) is 0 Å². The molecule has 158 valence electrons. The molecule has 0 atom stereocenters. The summed E-state index contributed by atoms with van der Waals surface area (Å²) in [4.78, 5) is 0. The fourth-order valence-electron chi connectivity index (χ4n) is 3.18. The monoisotopic (exact) mass is 454 g/mol. The lowest BCUT2D eigenvalue weighted by molar-refractivity contribution is -0.903. The molecule has 0 heterocycles. The van der Waals surface area contributed by atoms with Crippen molar-refractivity contribution >= 4 is 29.4 Å². The molecule has 1 rings (SSSR count). The molecule has 0 bridgehead atoms. The van der Waals surface area contributed by atoms with Crippen molar-refractivity contribution in [3.63, 3.8) is 0 Å². The van der Waals surface area contributed by atoms with Crippen LogP contribution in [-0.2, 0) is 6.54 Å². The number of quaternary nitrogens is 1. The standard InChI is InChI=1S/C21H38N.BrH.ClH.2H3N/c1-4-5-6-7-8-9-10-11-12-16-19-22(2,3)20-21-17-14-13-15-18-21;;;;/h13-15,17-18H,4-12,16,19-20H2,1-3H3;2*1H;2*1H3/q+1;;;;. The highest BCUT2D eigenvalue weighted by Gasteiger charge is 2.14. The van der Waals surface area contributed by atoms with Crippen LogP contribution in [0, 0.1) is 0 Å². The van der Waals surface area contributed by atoms with Crippen LogP contribution < -0.4 is 12.3 Å². The third kappa shape index (κ3) is 18.7. The summed E-state index contributed by atoms with van der Waals surface area (Å²) in [5.41, 5.74) is 1.46. The van der Waals surface area contributed by atoms with E-state index in [0.717, 1.165) is 11.0 Å². The highest BCUT2D eigenvalue weighted by Crippen LogP contribution is 2.13. The molecule has 1 aromatic carbocycles. The van der Waals surface area contributed by atoms with E-state index in [2.05, 4.69) is 51.4 Å². The molecule has 6 N–H and O–H groups in total. The van der Waals surface area contributed by atoms with Gasteiger partial charge in [0.05, 0.1) is 20.6 Å². The predicted molar refractivity (Wildman–Crippen MR) is 127 cm³/mol. The highest BCUT2D eigenvalue weighted by molar-refractivity contribution is 8.93. The second-order valence-electron chi connectivity index (χ2n) is 7.49. The summed E-state index contributed by atoms with van der Waals surface area (Å²) in [7, 11) is 4.72. The van der Waals surface area contributed by atoms with Gasteiger partial charge in [-0.05, 0) is 12.8 Å². The van der Waals surface area contributed by atoms with Gasteiger partial charge in [0.1, 0.15) is 6.54 Å². The highest BCUT2D eigenvalue weighted by atomic mass is 79.9. The average Bonchev–Trinajstić information content (AvgIpc) is 2.49. The normalized spacial score (nSPS) is 9.96. The Morgan fingerprint density at radius 3 is 1.58 bits per heavy atom. The minimum absolute atomic E-state index is 0. The quantitative estimate of drug-likeness (QED) is 0.238. The van der Waals surface area contributed by atoms with Crippen molar-refractivity contribution in [3.8, 4) is 0 Å². The average molecular weight is 456 g/mol. The van der Waals surface area contributed by atoms with E-state index in [1.807, 2.05) is 0 Å². The summed E-state index contributed by atoms with van der Waals surface area (Å²) in [6.07, 6.45) is 14.2. The number of benzene rings is 1. The number of rotatable bonds is 13. The van der Waals surface area contributed by atoms with Crippen LogP contribution in [0.3, 0.4) is 0 Å². The molecule has 1 aromatic rings. The summed E-state index contributed by atoms with van der Waals surface area (Å²) >= 11 is 0. The summed E-state index contributed by atoms with van der Waals surface area (Å²) in [5.74, 6) is 0. The first-order valence-electron chi connectivity index (χ1n) is 9.50. The van der Waals surface area contributed by atoms with Gasteiger partial charge in [-0.25, -0.2) is 0 Å². The molecule has 0 aromatic heterocycles. The van der Waals surface area contributed by atoms with E-state index in [-0.39, 0.29) is 41.7 Å². The van der Waals surface area contributed by atoms with Gasteiger partial charge in [-0.2, -0.15) is 0 Å². The Balaban J connectivity index is -0.000000605. The summed E-state index contributed by atoms with van der Waals surface area (Å²) in [6, 6.07) is 10.9. The molecule has 0 saturated carbocycles. The third-order valence-electron chi connectivity index (χ3n) is 4.57. The van der Waals surface area contributed by atoms with Gasteiger partial charge in [0.25, 0.3) is 0 Å². The first kappa shape index (κ1) is 33.5. The molecule has 3 nitrogen and oxygen atoms in total. The van der Waals surface area contributed by atoms with Crippen LogP contribution in [0.25, 0.3) is 0 Å². The second kappa shape index (κ2) is 21.2. The van der Waals surface area contributed by atoms with Gasteiger partial charge in [0.2, 0.25) is 0 Å². The lowest BCUT2D eigenvalue weighted by Gasteiger charge is -2.30. The Bertz CT molecular complexity index is 375. The molecule has 0 spiro atoms. The van der Waals surface area contributed by atoms with E-state index in [1.54, 1.807) is 0 Å². The maximum Gasteiger partial charge on any atom is 0.104 e. The van der Waals surface area contributed by atoms with Crippen molar-refractivity contribution in [1.29, 1.82) is 0 Å². The van der Waals surface area contributed by atoms with Gasteiger partial charge in [0, 0.05) is 5.56 Å². The Labute approximate surface area is 180 Å². The third-order valence-corrected chi connectivity index (χ3v) is 4.57. The van der Waals surface area contributed by atoms with Gasteiger partial charge < -0.3 is 16.8 Å². The summed E-state index contributed by atoms with van der Waals surface area (Å²) in [5, 5.41) is 0. The van der Waals surface area contributed by atoms with Gasteiger partial charge in [-0.1, -0.05) is 88.6 Å². The summed E-state index contributed by atoms with van der Waals surface area (Å²) in [6.45, 7) is 4.74. The molecular weight excluding hydrogens is 410 g/mol. The minimum Gasteiger partial charge on any atom is -0.344 e. The zero-order valence-electron chi connectivity index (χ0n) is 17.5. The molecule has 0 unspecified atom stereocenters. The fourth-order valence-corrected chi connectivity index (χ4v) is 3.18. The fraction of sp³-hybridized carbons (Fsp3) is 0.714. The zero-order chi connectivity index (χ0) is 16.1. The smallest absolute Gasteiger partial charge is 0.104 e. The van der Waals surface area contributed by atoms with E-state index in [4.69, 9.17) is 0 Å². The first-order chi connectivity index (χ1) is 10.6. The van der Waals surface area contributed by atoms with Crippen molar-refractivity contribution in [3.05, 3.63) is 35.9 Å². The molecule has 5 heteroatoms. The maximum atomic E-state index is 2.36. The Hall–Kier alpha value is -0.130.